The van der Waals surface area contributed by atoms with Crippen LogP contribution in [0.3, 0.4) is 0 Å². The number of aromatic nitrogens is 3. The fourth-order valence-corrected chi connectivity index (χ4v) is 4.68. The number of hydrogen-bond donors (Lipinski definition) is 0. The Bertz CT molecular complexity index is 1140. The van der Waals surface area contributed by atoms with Crippen LogP contribution in [-0.2, 0) is 6.54 Å². The molecule has 0 radical (unpaired) electrons. The van der Waals surface area contributed by atoms with Gasteiger partial charge >= 0.3 is 0 Å². The third-order valence-corrected chi connectivity index (χ3v) is 6.32. The van der Waals surface area contributed by atoms with E-state index < -0.39 is 0 Å². The number of pyridine rings is 1. The van der Waals surface area contributed by atoms with E-state index in [1.54, 1.807) is 18.2 Å². The highest BCUT2D eigenvalue weighted by molar-refractivity contribution is 7.22. The average Bonchev–Trinajstić information content (AvgIpc) is 3.27. The van der Waals surface area contributed by atoms with Crippen LogP contribution in [-0.4, -0.2) is 28.0 Å². The molecule has 4 rings (SSSR count). The maximum absolute atomic E-state index is 13.4. The first-order valence-corrected chi connectivity index (χ1v) is 10.3. The minimum Gasteiger partial charge on any atom is -0.497 e. The largest absolute Gasteiger partial charge is 0.497 e. The molecule has 0 aliphatic carbocycles. The first-order chi connectivity index (χ1) is 13.5. The molecule has 4 aromatic rings. The first kappa shape index (κ1) is 18.5. The number of aryl methyl sites for hydroxylation is 2. The molecule has 1 aromatic carbocycles. The molecule has 0 saturated heterocycles. The topological polar surface area (TPSA) is 68.2 Å². The molecule has 28 heavy (non-hydrogen) atoms. The third-order valence-electron chi connectivity index (χ3n) is 4.20. The smallest absolute Gasteiger partial charge is 0.272 e. The molecule has 0 unspecified atom stereocenters. The summed E-state index contributed by atoms with van der Waals surface area (Å²) < 4.78 is 6.28. The summed E-state index contributed by atoms with van der Waals surface area (Å²) in [5.41, 5.74) is 2.34. The minimum atomic E-state index is -0.111. The van der Waals surface area contributed by atoms with E-state index in [0.717, 1.165) is 32.4 Å². The molecule has 3 heterocycles. The predicted octanol–water partition coefficient (Wildman–Crippen LogP) is 4.62. The van der Waals surface area contributed by atoms with Gasteiger partial charge in [-0.15, -0.1) is 11.3 Å². The fraction of sp³-hybridized carbons (Fsp3) is 0.200. The normalized spacial score (nSPS) is 11.0. The van der Waals surface area contributed by atoms with E-state index in [1.807, 2.05) is 50.2 Å². The molecule has 0 bridgehead atoms. The van der Waals surface area contributed by atoms with E-state index in [4.69, 9.17) is 9.72 Å². The molecule has 142 valence electrons. The molecule has 1 amide bonds. The predicted molar refractivity (Wildman–Crippen MR) is 113 cm³/mol. The van der Waals surface area contributed by atoms with Crippen LogP contribution < -0.4 is 9.64 Å². The van der Waals surface area contributed by atoms with Gasteiger partial charge in [0.1, 0.15) is 10.6 Å². The van der Waals surface area contributed by atoms with E-state index in [0.29, 0.717) is 16.6 Å². The summed E-state index contributed by atoms with van der Waals surface area (Å²) in [5, 5.41) is 1.50. The van der Waals surface area contributed by atoms with Crippen LogP contribution in [0, 0.1) is 13.8 Å². The maximum atomic E-state index is 13.4. The number of anilines is 1. The summed E-state index contributed by atoms with van der Waals surface area (Å²) in [4.78, 5) is 29.2. The Kier molecular flexibility index (Phi) is 5.06. The van der Waals surface area contributed by atoms with Crippen LogP contribution >= 0.6 is 22.7 Å². The number of carbonyl (C=O) groups is 1. The van der Waals surface area contributed by atoms with Gasteiger partial charge in [0.15, 0.2) is 5.13 Å². The number of thiazole rings is 2. The molecule has 0 spiro atoms. The molecule has 0 atom stereocenters. The monoisotopic (exact) mass is 410 g/mol. The lowest BCUT2D eigenvalue weighted by Gasteiger charge is -2.19. The van der Waals surface area contributed by atoms with Gasteiger partial charge in [-0.2, -0.15) is 0 Å². The van der Waals surface area contributed by atoms with Crippen molar-refractivity contribution in [2.75, 3.05) is 12.0 Å². The molecule has 0 aliphatic heterocycles. The van der Waals surface area contributed by atoms with Gasteiger partial charge in [-0.1, -0.05) is 17.4 Å². The Labute approximate surface area is 170 Å². The zero-order valence-electron chi connectivity index (χ0n) is 15.7. The number of hydrogen-bond acceptors (Lipinski definition) is 7. The second kappa shape index (κ2) is 7.65. The zero-order chi connectivity index (χ0) is 19.7. The van der Waals surface area contributed by atoms with Gasteiger partial charge in [0, 0.05) is 12.3 Å². The van der Waals surface area contributed by atoms with E-state index in [1.165, 1.54) is 22.7 Å². The summed E-state index contributed by atoms with van der Waals surface area (Å²) in [5.74, 6) is 0.626. The number of methoxy groups -OCH3 is 1. The maximum Gasteiger partial charge on any atom is 0.272 e. The summed E-state index contributed by atoms with van der Waals surface area (Å²) in [6, 6.07) is 11.4. The Morgan fingerprint density at radius 1 is 1.14 bits per heavy atom. The van der Waals surface area contributed by atoms with Crippen molar-refractivity contribution in [2.45, 2.75) is 20.4 Å². The minimum absolute atomic E-state index is 0.111. The number of carbonyl (C=O) groups excluding carboxylic acids is 1. The van der Waals surface area contributed by atoms with Crippen LogP contribution in [0.1, 0.15) is 26.1 Å². The molecule has 0 aliphatic rings. The van der Waals surface area contributed by atoms with Crippen molar-refractivity contribution >= 4 is 43.9 Å². The second-order valence-corrected chi connectivity index (χ2v) is 8.40. The molecule has 0 N–H and O–H groups in total. The SMILES string of the molecule is COc1ccc2sc(N(Cc3ccccn3)C(=O)c3sc(C)nc3C)nc2c1. The van der Waals surface area contributed by atoms with Crippen molar-refractivity contribution in [3.63, 3.8) is 0 Å². The number of benzene rings is 1. The highest BCUT2D eigenvalue weighted by Crippen LogP contribution is 2.33. The van der Waals surface area contributed by atoms with Crippen LogP contribution in [0.15, 0.2) is 42.6 Å². The van der Waals surface area contributed by atoms with Crippen LogP contribution in [0.2, 0.25) is 0 Å². The lowest BCUT2D eigenvalue weighted by Crippen LogP contribution is -2.30. The summed E-state index contributed by atoms with van der Waals surface area (Å²) in [6.07, 6.45) is 1.73. The summed E-state index contributed by atoms with van der Waals surface area (Å²) in [7, 11) is 1.63. The summed E-state index contributed by atoms with van der Waals surface area (Å²) >= 11 is 2.88. The average molecular weight is 411 g/mol. The van der Waals surface area contributed by atoms with Gasteiger partial charge < -0.3 is 4.74 Å². The Morgan fingerprint density at radius 2 is 2.00 bits per heavy atom. The van der Waals surface area contributed by atoms with Crippen molar-refractivity contribution in [1.29, 1.82) is 0 Å². The summed E-state index contributed by atoms with van der Waals surface area (Å²) in [6.45, 7) is 4.10. The van der Waals surface area contributed by atoms with E-state index >= 15 is 0 Å². The molecule has 8 heteroatoms. The quantitative estimate of drug-likeness (QED) is 0.480. The van der Waals surface area contributed by atoms with Crippen molar-refractivity contribution in [2.24, 2.45) is 0 Å². The van der Waals surface area contributed by atoms with Crippen LogP contribution in [0.5, 0.6) is 5.75 Å². The van der Waals surface area contributed by atoms with E-state index in [-0.39, 0.29) is 5.91 Å². The third kappa shape index (κ3) is 3.61. The van der Waals surface area contributed by atoms with Crippen molar-refractivity contribution in [1.82, 2.24) is 15.0 Å². The van der Waals surface area contributed by atoms with Gasteiger partial charge in [0.25, 0.3) is 5.91 Å². The van der Waals surface area contributed by atoms with Gasteiger partial charge in [-0.25, -0.2) is 9.97 Å². The van der Waals surface area contributed by atoms with Gasteiger partial charge in [0.2, 0.25) is 0 Å². The molecule has 3 aromatic heterocycles. The van der Waals surface area contributed by atoms with Crippen molar-refractivity contribution in [3.8, 4) is 5.75 Å². The van der Waals surface area contributed by atoms with Crippen LogP contribution in [0.4, 0.5) is 5.13 Å². The highest BCUT2D eigenvalue weighted by atomic mass is 32.1. The number of ether oxygens (including phenoxy) is 1. The van der Waals surface area contributed by atoms with Crippen LogP contribution in [0.25, 0.3) is 10.2 Å². The standard InChI is InChI=1S/C20H18N4O2S2/c1-12-18(27-13(2)22-12)19(25)24(11-14-6-4-5-9-21-14)20-23-16-10-15(26-3)7-8-17(16)28-20/h4-10H,11H2,1-3H3. The first-order valence-electron chi connectivity index (χ1n) is 8.65. The molecular weight excluding hydrogens is 392 g/mol. The molecule has 0 saturated carbocycles. The van der Waals surface area contributed by atoms with Gasteiger partial charge in [-0.05, 0) is 38.1 Å². The molecule has 0 fully saturated rings. The van der Waals surface area contributed by atoms with Gasteiger partial charge in [0.05, 0.1) is 40.3 Å². The zero-order valence-corrected chi connectivity index (χ0v) is 17.3. The Morgan fingerprint density at radius 3 is 2.68 bits per heavy atom. The molecular formula is C20H18N4O2S2. The number of fused-ring (bicyclic) bond motifs is 1. The second-order valence-electron chi connectivity index (χ2n) is 6.19. The Hall–Kier alpha value is -2.84. The lowest BCUT2D eigenvalue weighted by atomic mass is 10.3. The Balaban J connectivity index is 1.78. The highest BCUT2D eigenvalue weighted by Gasteiger charge is 2.25. The number of amides is 1. The molecule has 6 nitrogen and oxygen atoms in total. The number of nitrogens with zero attached hydrogens (tertiary/aromatic N) is 4. The lowest BCUT2D eigenvalue weighted by molar-refractivity contribution is 0.0988. The van der Waals surface area contributed by atoms with E-state index in [2.05, 4.69) is 9.97 Å². The van der Waals surface area contributed by atoms with E-state index in [9.17, 15) is 4.79 Å². The number of rotatable bonds is 5. The van der Waals surface area contributed by atoms with Crippen molar-refractivity contribution in [3.05, 3.63) is 63.9 Å². The van der Waals surface area contributed by atoms with Gasteiger partial charge in [-0.3, -0.25) is 14.7 Å². The van der Waals surface area contributed by atoms with Crippen molar-refractivity contribution < 1.29 is 9.53 Å². The fourth-order valence-electron chi connectivity index (χ4n) is 2.87.